The monoisotopic (exact) mass is 686 g/mol. The highest BCUT2D eigenvalue weighted by Gasteiger charge is 2.33. The zero-order valence-corrected chi connectivity index (χ0v) is 28.9. The van der Waals surface area contributed by atoms with Crippen molar-refractivity contribution in [1.29, 1.82) is 0 Å². The third-order valence-electron chi connectivity index (χ3n) is 9.38. The van der Waals surface area contributed by atoms with Gasteiger partial charge in [-0.05, 0) is 59.7 Å². The Bertz CT molecular complexity index is 1600. The average molecular weight is 687 g/mol. The van der Waals surface area contributed by atoms with Crippen LogP contribution in [0.3, 0.4) is 0 Å². The summed E-state index contributed by atoms with van der Waals surface area (Å²) in [5, 5.41) is 24.2. The second kappa shape index (κ2) is 15.0. The number of amides is 2. The van der Waals surface area contributed by atoms with Crippen molar-refractivity contribution < 1.29 is 23.0 Å². The number of carbonyl (C=O) groups excluding carboxylic acids is 1. The van der Waals surface area contributed by atoms with Gasteiger partial charge in [-0.25, -0.2) is 13.6 Å². The number of carbonyl (C=O) groups is 1. The molecule has 0 aliphatic carbocycles. The number of rotatable bonds is 10. The van der Waals surface area contributed by atoms with Crippen LogP contribution in [-0.4, -0.2) is 88.7 Å². The van der Waals surface area contributed by atoms with Crippen molar-refractivity contribution in [2.24, 2.45) is 0 Å². The molecule has 50 heavy (non-hydrogen) atoms. The summed E-state index contributed by atoms with van der Waals surface area (Å²) in [5.41, 5.74) is 2.82. The van der Waals surface area contributed by atoms with E-state index in [0.29, 0.717) is 75.5 Å². The van der Waals surface area contributed by atoms with Crippen LogP contribution in [0, 0.1) is 11.6 Å². The minimum absolute atomic E-state index is 0.0878. The van der Waals surface area contributed by atoms with Gasteiger partial charge in [-0.3, -0.25) is 0 Å². The van der Waals surface area contributed by atoms with E-state index < -0.39 is 12.2 Å². The number of nitrogens with one attached hydrogen (secondary N) is 2. The highest BCUT2D eigenvalue weighted by Crippen LogP contribution is 2.28. The maximum absolute atomic E-state index is 13.7. The van der Waals surface area contributed by atoms with Gasteiger partial charge in [0, 0.05) is 37.0 Å². The minimum atomic E-state index is -0.402. The van der Waals surface area contributed by atoms with Crippen molar-refractivity contribution in [3.8, 4) is 0 Å². The fourth-order valence-corrected chi connectivity index (χ4v) is 6.05. The molecule has 2 aliphatic rings. The summed E-state index contributed by atoms with van der Waals surface area (Å²) in [4.78, 5) is 17.2. The van der Waals surface area contributed by atoms with Crippen molar-refractivity contribution in [2.45, 2.75) is 50.7 Å². The molecule has 0 saturated carbocycles. The predicted octanol–water partition coefficient (Wildman–Crippen LogP) is 5.89. The third kappa shape index (κ3) is 8.51. The summed E-state index contributed by atoms with van der Waals surface area (Å²) in [6, 6.07) is 20.4. The maximum atomic E-state index is 13.7. The van der Waals surface area contributed by atoms with Gasteiger partial charge in [0.15, 0.2) is 0 Å². The minimum Gasteiger partial charge on any atom is -0.368 e. The first-order valence-corrected chi connectivity index (χ1v) is 16.9. The van der Waals surface area contributed by atoms with Crippen LogP contribution in [0.5, 0.6) is 0 Å². The molecule has 4 heterocycles. The first kappa shape index (κ1) is 35.1. The van der Waals surface area contributed by atoms with Crippen LogP contribution in [0.15, 0.2) is 72.8 Å². The normalized spacial score (nSPS) is 18.5. The number of hydrogen-bond donors (Lipinski definition) is 2. The van der Waals surface area contributed by atoms with Crippen molar-refractivity contribution in [3.05, 3.63) is 107 Å². The standard InChI is InChI=1S/C37H44F2N8O3/c1-36(2,25-5-9-27(38)10-6-25)23-40-33-15-13-29(42-44-33)31-21-46(17-19-49-31)35(48)47-18-20-50-32(22-47)30-14-16-34(45-43-30)41-24-37(3,4)26-7-11-28(39)12-8-26/h5-16,31-32H,17-24H2,1-4H3,(H,40,44)(H,41,45). The zero-order chi connectivity index (χ0) is 35.3. The topological polar surface area (TPSA) is 118 Å². The summed E-state index contributed by atoms with van der Waals surface area (Å²) in [7, 11) is 0. The summed E-state index contributed by atoms with van der Waals surface area (Å²) in [6.07, 6.45) is -0.804. The van der Waals surface area contributed by atoms with Gasteiger partial charge in [-0.1, -0.05) is 52.0 Å². The van der Waals surface area contributed by atoms with Gasteiger partial charge in [0.1, 0.15) is 35.5 Å². The van der Waals surface area contributed by atoms with Gasteiger partial charge in [0.25, 0.3) is 0 Å². The van der Waals surface area contributed by atoms with E-state index in [9.17, 15) is 13.6 Å². The largest absolute Gasteiger partial charge is 0.368 e. The molecule has 11 nitrogen and oxygen atoms in total. The van der Waals surface area contributed by atoms with Crippen LogP contribution in [0.2, 0.25) is 0 Å². The van der Waals surface area contributed by atoms with E-state index in [1.807, 2.05) is 24.3 Å². The van der Waals surface area contributed by atoms with Crippen molar-refractivity contribution in [2.75, 3.05) is 63.1 Å². The van der Waals surface area contributed by atoms with Crippen LogP contribution in [-0.2, 0) is 20.3 Å². The molecule has 0 spiro atoms. The second-order valence-electron chi connectivity index (χ2n) is 14.1. The number of anilines is 2. The number of hydrogen-bond acceptors (Lipinski definition) is 9. The Morgan fingerprint density at radius 1 is 0.660 bits per heavy atom. The molecule has 6 rings (SSSR count). The molecule has 2 aromatic heterocycles. The quantitative estimate of drug-likeness (QED) is 0.211. The summed E-state index contributed by atoms with van der Waals surface area (Å²) < 4.78 is 38.7. The van der Waals surface area contributed by atoms with E-state index >= 15 is 0 Å². The van der Waals surface area contributed by atoms with Crippen molar-refractivity contribution >= 4 is 17.7 Å². The Kier molecular flexibility index (Phi) is 10.5. The highest BCUT2D eigenvalue weighted by molar-refractivity contribution is 5.74. The van der Waals surface area contributed by atoms with Crippen LogP contribution in [0.4, 0.5) is 25.2 Å². The van der Waals surface area contributed by atoms with Crippen LogP contribution < -0.4 is 10.6 Å². The van der Waals surface area contributed by atoms with E-state index in [-0.39, 0.29) is 28.5 Å². The number of ether oxygens (including phenoxy) is 2. The molecular weight excluding hydrogens is 642 g/mol. The third-order valence-corrected chi connectivity index (χ3v) is 9.38. The van der Waals surface area contributed by atoms with E-state index in [0.717, 1.165) is 11.1 Å². The first-order chi connectivity index (χ1) is 24.0. The summed E-state index contributed by atoms with van der Waals surface area (Å²) >= 11 is 0. The fourth-order valence-electron chi connectivity index (χ4n) is 6.05. The fraction of sp³-hybridized carbons (Fsp3) is 0.432. The van der Waals surface area contributed by atoms with E-state index in [1.54, 1.807) is 34.1 Å². The molecule has 13 heteroatoms. The SMILES string of the molecule is CC(C)(CNc1ccc(C2CN(C(=O)N3CCOC(c4ccc(NCC(C)(C)c5ccc(F)cc5)nn4)C3)CCO2)nn1)c1ccc(F)cc1. The zero-order valence-electron chi connectivity index (χ0n) is 28.9. The van der Waals surface area contributed by atoms with Gasteiger partial charge < -0.3 is 29.9 Å². The first-order valence-electron chi connectivity index (χ1n) is 16.9. The Morgan fingerprint density at radius 3 is 1.42 bits per heavy atom. The Labute approximate surface area is 291 Å². The molecule has 2 unspecified atom stereocenters. The number of aromatic nitrogens is 4. The second-order valence-corrected chi connectivity index (χ2v) is 14.1. The molecule has 2 saturated heterocycles. The van der Waals surface area contributed by atoms with Gasteiger partial charge >= 0.3 is 6.03 Å². The van der Waals surface area contributed by atoms with Crippen LogP contribution in [0.25, 0.3) is 0 Å². The van der Waals surface area contributed by atoms with E-state index in [4.69, 9.17) is 9.47 Å². The molecule has 2 N–H and O–H groups in total. The molecule has 0 bridgehead atoms. The molecule has 2 amide bonds. The van der Waals surface area contributed by atoms with Gasteiger partial charge in [0.2, 0.25) is 0 Å². The molecule has 2 aliphatic heterocycles. The lowest BCUT2D eigenvalue weighted by atomic mass is 9.84. The van der Waals surface area contributed by atoms with Gasteiger partial charge in [0.05, 0.1) is 37.7 Å². The molecular formula is C37H44F2N8O3. The number of nitrogens with zero attached hydrogens (tertiary/aromatic N) is 6. The van der Waals surface area contributed by atoms with Crippen molar-refractivity contribution in [1.82, 2.24) is 30.2 Å². The van der Waals surface area contributed by atoms with E-state index in [2.05, 4.69) is 58.7 Å². The predicted molar refractivity (Wildman–Crippen MR) is 186 cm³/mol. The summed E-state index contributed by atoms with van der Waals surface area (Å²) in [5.74, 6) is 0.718. The van der Waals surface area contributed by atoms with Gasteiger partial charge in [-0.15, -0.1) is 10.2 Å². The molecule has 0 radical (unpaired) electrons. The lowest BCUT2D eigenvalue weighted by molar-refractivity contribution is -0.0441. The lowest BCUT2D eigenvalue weighted by Gasteiger charge is -2.39. The maximum Gasteiger partial charge on any atom is 0.320 e. The number of morpholine rings is 2. The number of urea groups is 1. The summed E-state index contributed by atoms with van der Waals surface area (Å²) in [6.45, 7) is 11.9. The Morgan fingerprint density at radius 2 is 1.06 bits per heavy atom. The van der Waals surface area contributed by atoms with E-state index in [1.165, 1.54) is 24.3 Å². The average Bonchev–Trinajstić information content (AvgIpc) is 3.14. The van der Waals surface area contributed by atoms with Crippen LogP contribution in [0.1, 0.15) is 62.4 Å². The smallest absolute Gasteiger partial charge is 0.320 e. The molecule has 264 valence electrons. The Balaban J connectivity index is 1.000. The van der Waals surface area contributed by atoms with Gasteiger partial charge in [-0.2, -0.15) is 10.2 Å². The van der Waals surface area contributed by atoms with Crippen molar-refractivity contribution in [3.63, 3.8) is 0 Å². The highest BCUT2D eigenvalue weighted by atomic mass is 19.1. The number of benzene rings is 2. The lowest BCUT2D eigenvalue weighted by Crippen LogP contribution is -2.52. The molecule has 2 fully saturated rings. The molecule has 4 aromatic rings. The van der Waals surface area contributed by atoms with Crippen LogP contribution >= 0.6 is 0 Å². The Hall–Kier alpha value is -4.75. The number of halogens is 2. The molecule has 2 aromatic carbocycles. The molecule has 2 atom stereocenters.